The largest absolute Gasteiger partial charge is 0.343 e. The van der Waals surface area contributed by atoms with Crippen LogP contribution in [0.5, 0.6) is 0 Å². The summed E-state index contributed by atoms with van der Waals surface area (Å²) >= 11 is 0. The molecular weight excluding hydrogens is 120 g/mol. The van der Waals surface area contributed by atoms with E-state index >= 15 is 0 Å². The van der Waals surface area contributed by atoms with E-state index in [4.69, 9.17) is 10.2 Å². The predicted molar refractivity (Wildman–Crippen MR) is 33.6 cm³/mol. The molecule has 0 saturated heterocycles. The molecule has 0 aliphatic rings. The summed E-state index contributed by atoms with van der Waals surface area (Å²) in [6, 6.07) is 0. The fourth-order valence-electron chi connectivity index (χ4n) is 0.306. The molecular formula is C6H14O3. The summed E-state index contributed by atoms with van der Waals surface area (Å²) in [6.45, 7) is 5.03. The van der Waals surface area contributed by atoms with Gasteiger partial charge in [0.05, 0.1) is 0 Å². The molecule has 9 heavy (non-hydrogen) atoms. The van der Waals surface area contributed by atoms with Gasteiger partial charge in [-0.3, -0.25) is 0 Å². The third-order valence-electron chi connectivity index (χ3n) is 1.26. The van der Waals surface area contributed by atoms with Gasteiger partial charge in [0.15, 0.2) is 0 Å². The Labute approximate surface area is 55.3 Å². The smallest absolute Gasteiger partial charge is 0.282 e. The van der Waals surface area contributed by atoms with Gasteiger partial charge in [-0.2, -0.15) is 0 Å². The Morgan fingerprint density at radius 1 is 1.11 bits per heavy atom. The van der Waals surface area contributed by atoms with Crippen LogP contribution in [-0.4, -0.2) is 23.3 Å². The summed E-state index contributed by atoms with van der Waals surface area (Å²) in [5, 5.41) is 18.0. The molecule has 0 aromatic carbocycles. The van der Waals surface area contributed by atoms with Crippen LogP contribution in [-0.2, 0) is 4.74 Å². The number of hydrogen-bond acceptors (Lipinski definition) is 3. The van der Waals surface area contributed by atoms with E-state index in [9.17, 15) is 0 Å². The van der Waals surface area contributed by atoms with Crippen molar-refractivity contribution in [1.29, 1.82) is 0 Å². The number of hydrogen-bond donors (Lipinski definition) is 2. The molecule has 0 heterocycles. The molecule has 0 rings (SSSR count). The van der Waals surface area contributed by atoms with Crippen molar-refractivity contribution in [3.05, 3.63) is 0 Å². The highest BCUT2D eigenvalue weighted by Crippen LogP contribution is 2.27. The predicted octanol–water partition coefficient (Wildman–Crippen LogP) is 0.317. The lowest BCUT2D eigenvalue weighted by molar-refractivity contribution is -0.375. The summed E-state index contributed by atoms with van der Waals surface area (Å²) in [4.78, 5) is 0. The highest BCUT2D eigenvalue weighted by molar-refractivity contribution is 4.70. The molecule has 0 radical (unpaired) electrons. The van der Waals surface area contributed by atoms with Gasteiger partial charge in [0.25, 0.3) is 5.97 Å². The van der Waals surface area contributed by atoms with Crippen molar-refractivity contribution < 1.29 is 14.9 Å². The van der Waals surface area contributed by atoms with Gasteiger partial charge < -0.3 is 14.9 Å². The van der Waals surface area contributed by atoms with Crippen molar-refractivity contribution in [2.24, 2.45) is 5.41 Å². The standard InChI is InChI=1S/C6H14O3/c1-5(2,3)6(7,8)9-4/h7-8H,1-4H3. The second-order valence-corrected chi connectivity index (χ2v) is 3.06. The van der Waals surface area contributed by atoms with Crippen LogP contribution in [0.4, 0.5) is 0 Å². The van der Waals surface area contributed by atoms with Gasteiger partial charge in [0.2, 0.25) is 0 Å². The third-order valence-corrected chi connectivity index (χ3v) is 1.26. The van der Waals surface area contributed by atoms with Gasteiger partial charge >= 0.3 is 0 Å². The molecule has 0 aliphatic carbocycles. The highest BCUT2D eigenvalue weighted by atomic mass is 16.8. The number of methoxy groups -OCH3 is 1. The molecule has 0 aromatic heterocycles. The van der Waals surface area contributed by atoms with E-state index in [0.29, 0.717) is 0 Å². The molecule has 56 valence electrons. The first kappa shape index (κ1) is 8.88. The first-order valence-electron chi connectivity index (χ1n) is 2.81. The van der Waals surface area contributed by atoms with Crippen molar-refractivity contribution in [1.82, 2.24) is 0 Å². The molecule has 0 aliphatic heterocycles. The maximum absolute atomic E-state index is 8.99. The molecule has 0 atom stereocenters. The summed E-state index contributed by atoms with van der Waals surface area (Å²) < 4.78 is 4.41. The van der Waals surface area contributed by atoms with E-state index in [-0.39, 0.29) is 0 Å². The minimum atomic E-state index is -2.02. The second kappa shape index (κ2) is 2.25. The van der Waals surface area contributed by atoms with Crippen LogP contribution in [0.25, 0.3) is 0 Å². The molecule has 2 N–H and O–H groups in total. The summed E-state index contributed by atoms with van der Waals surface area (Å²) in [5.74, 6) is -2.02. The van der Waals surface area contributed by atoms with Crippen LogP contribution in [0.2, 0.25) is 0 Å². The van der Waals surface area contributed by atoms with Gasteiger partial charge in [0, 0.05) is 12.5 Å². The first-order valence-corrected chi connectivity index (χ1v) is 2.81. The van der Waals surface area contributed by atoms with Crippen molar-refractivity contribution in [2.75, 3.05) is 7.11 Å². The minimum Gasteiger partial charge on any atom is -0.343 e. The maximum atomic E-state index is 8.99. The molecule has 0 spiro atoms. The molecule has 0 fully saturated rings. The zero-order valence-electron chi connectivity index (χ0n) is 6.30. The maximum Gasteiger partial charge on any atom is 0.282 e. The fourth-order valence-corrected chi connectivity index (χ4v) is 0.306. The van der Waals surface area contributed by atoms with E-state index in [0.717, 1.165) is 0 Å². The second-order valence-electron chi connectivity index (χ2n) is 3.06. The normalized spacial score (nSPS) is 14.0. The van der Waals surface area contributed by atoms with Crippen molar-refractivity contribution >= 4 is 0 Å². The summed E-state index contributed by atoms with van der Waals surface area (Å²) in [6.07, 6.45) is 0. The van der Waals surface area contributed by atoms with E-state index in [1.165, 1.54) is 7.11 Å². The zero-order valence-corrected chi connectivity index (χ0v) is 6.30. The van der Waals surface area contributed by atoms with Crippen molar-refractivity contribution in [3.8, 4) is 0 Å². The number of rotatable bonds is 1. The average molecular weight is 134 g/mol. The number of aliphatic hydroxyl groups is 2. The van der Waals surface area contributed by atoms with Gasteiger partial charge in [0.1, 0.15) is 0 Å². The SMILES string of the molecule is COC(O)(O)C(C)(C)C. The van der Waals surface area contributed by atoms with Crippen LogP contribution in [0.15, 0.2) is 0 Å². The van der Waals surface area contributed by atoms with Crippen LogP contribution >= 0.6 is 0 Å². The lowest BCUT2D eigenvalue weighted by Crippen LogP contribution is -2.44. The van der Waals surface area contributed by atoms with E-state index in [2.05, 4.69) is 4.74 Å². The van der Waals surface area contributed by atoms with Crippen molar-refractivity contribution in [3.63, 3.8) is 0 Å². The Kier molecular flexibility index (Phi) is 2.22. The molecule has 0 unspecified atom stereocenters. The quantitative estimate of drug-likeness (QED) is 0.508. The van der Waals surface area contributed by atoms with Crippen LogP contribution in [0, 0.1) is 5.41 Å². The van der Waals surface area contributed by atoms with Gasteiger partial charge in [-0.1, -0.05) is 20.8 Å². The number of ether oxygens (including phenoxy) is 1. The van der Waals surface area contributed by atoms with E-state index in [1.807, 2.05) is 0 Å². The monoisotopic (exact) mass is 134 g/mol. The van der Waals surface area contributed by atoms with Gasteiger partial charge in [-0.15, -0.1) is 0 Å². The Balaban J connectivity index is 4.14. The minimum absolute atomic E-state index is 0.665. The lowest BCUT2D eigenvalue weighted by Gasteiger charge is -2.32. The molecule has 0 bridgehead atoms. The molecule has 0 saturated carbocycles. The third kappa shape index (κ3) is 1.93. The molecule has 0 aromatic rings. The Morgan fingerprint density at radius 3 is 1.44 bits per heavy atom. The molecule has 3 nitrogen and oxygen atoms in total. The van der Waals surface area contributed by atoms with Crippen LogP contribution < -0.4 is 0 Å². The molecule has 3 heteroatoms. The summed E-state index contributed by atoms with van der Waals surface area (Å²) in [7, 11) is 1.26. The fraction of sp³-hybridized carbons (Fsp3) is 1.00. The summed E-state index contributed by atoms with van der Waals surface area (Å²) in [5.41, 5.74) is -0.665. The van der Waals surface area contributed by atoms with Crippen LogP contribution in [0.3, 0.4) is 0 Å². The average Bonchev–Trinajstić information content (AvgIpc) is 1.64. The topological polar surface area (TPSA) is 49.7 Å². The highest BCUT2D eigenvalue weighted by Gasteiger charge is 2.38. The molecule has 0 amide bonds. The van der Waals surface area contributed by atoms with Crippen molar-refractivity contribution in [2.45, 2.75) is 26.7 Å². The Morgan fingerprint density at radius 2 is 1.44 bits per heavy atom. The van der Waals surface area contributed by atoms with Crippen LogP contribution in [0.1, 0.15) is 20.8 Å². The lowest BCUT2D eigenvalue weighted by atomic mass is 9.93. The first-order chi connectivity index (χ1) is 3.81. The van der Waals surface area contributed by atoms with Gasteiger partial charge in [-0.05, 0) is 0 Å². The zero-order chi connectivity index (χ0) is 7.71. The van der Waals surface area contributed by atoms with E-state index < -0.39 is 11.4 Å². The van der Waals surface area contributed by atoms with Gasteiger partial charge in [-0.25, -0.2) is 0 Å². The van der Waals surface area contributed by atoms with E-state index in [1.54, 1.807) is 20.8 Å². The Hall–Kier alpha value is -0.120. The Bertz CT molecular complexity index is 91.0.